The molecule has 2 atom stereocenters. The molecule has 1 amide bonds. The Morgan fingerprint density at radius 2 is 1.77 bits per heavy atom. The first-order valence-electron chi connectivity index (χ1n) is 8.11. The number of likely N-dealkylation sites (tertiary alicyclic amines) is 1. The van der Waals surface area contributed by atoms with Crippen LogP contribution in [0.15, 0.2) is 29.2 Å². The SMILES string of the molecule is Cc1ccc(S(=O)(=O)O[C@@H]2CC(C(=O)O)N(C(=O)OC(C)(C)C)C2)cc1. The normalized spacial score (nSPS) is 20.8. The van der Waals surface area contributed by atoms with E-state index in [1.54, 1.807) is 32.9 Å². The average Bonchev–Trinajstić information content (AvgIpc) is 2.89. The third-order valence-corrected chi connectivity index (χ3v) is 5.12. The molecule has 1 aliphatic heterocycles. The predicted molar refractivity (Wildman–Crippen MR) is 92.2 cm³/mol. The molecule has 1 N–H and O–H groups in total. The first-order valence-corrected chi connectivity index (χ1v) is 9.52. The molecule has 0 bridgehead atoms. The van der Waals surface area contributed by atoms with E-state index >= 15 is 0 Å². The Hall–Kier alpha value is -2.13. The summed E-state index contributed by atoms with van der Waals surface area (Å²) in [5.41, 5.74) is 0.0967. The van der Waals surface area contributed by atoms with Crippen molar-refractivity contribution in [3.05, 3.63) is 29.8 Å². The summed E-state index contributed by atoms with van der Waals surface area (Å²) < 4.78 is 35.1. The minimum Gasteiger partial charge on any atom is -0.480 e. The Bertz CT molecular complexity index is 780. The number of carbonyl (C=O) groups excluding carboxylic acids is 1. The van der Waals surface area contributed by atoms with Crippen molar-refractivity contribution < 1.29 is 32.0 Å². The number of carboxylic acid groups (broad SMARTS) is 1. The van der Waals surface area contributed by atoms with Crippen LogP contribution in [0.4, 0.5) is 4.79 Å². The maximum Gasteiger partial charge on any atom is 0.411 e. The zero-order valence-electron chi connectivity index (χ0n) is 15.1. The van der Waals surface area contributed by atoms with Crippen molar-refractivity contribution in [2.75, 3.05) is 6.54 Å². The van der Waals surface area contributed by atoms with Gasteiger partial charge in [0.2, 0.25) is 0 Å². The van der Waals surface area contributed by atoms with Crippen LogP contribution in [0.1, 0.15) is 32.8 Å². The summed E-state index contributed by atoms with van der Waals surface area (Å²) in [5, 5.41) is 9.34. The van der Waals surface area contributed by atoms with E-state index in [-0.39, 0.29) is 17.9 Å². The van der Waals surface area contributed by atoms with E-state index in [2.05, 4.69) is 0 Å². The molecule has 8 nitrogen and oxygen atoms in total. The van der Waals surface area contributed by atoms with Gasteiger partial charge in [-0.25, -0.2) is 9.59 Å². The lowest BCUT2D eigenvalue weighted by atomic mass is 10.2. The van der Waals surface area contributed by atoms with Gasteiger partial charge >= 0.3 is 12.1 Å². The summed E-state index contributed by atoms with van der Waals surface area (Å²) in [5.74, 6) is -1.24. The van der Waals surface area contributed by atoms with Gasteiger partial charge in [-0.1, -0.05) is 17.7 Å². The van der Waals surface area contributed by atoms with Gasteiger partial charge in [-0.15, -0.1) is 0 Å². The molecule has 0 radical (unpaired) electrons. The summed E-state index contributed by atoms with van der Waals surface area (Å²) in [7, 11) is -4.07. The number of nitrogens with zero attached hydrogens (tertiary/aromatic N) is 1. The van der Waals surface area contributed by atoms with Gasteiger partial charge in [-0.3, -0.25) is 9.08 Å². The van der Waals surface area contributed by atoms with Crippen LogP contribution in [-0.4, -0.2) is 54.8 Å². The monoisotopic (exact) mass is 385 g/mol. The number of aliphatic carboxylic acids is 1. The van der Waals surface area contributed by atoms with Gasteiger partial charge in [0, 0.05) is 6.42 Å². The topological polar surface area (TPSA) is 110 Å². The highest BCUT2D eigenvalue weighted by atomic mass is 32.2. The maximum atomic E-state index is 12.4. The van der Waals surface area contributed by atoms with Crippen molar-refractivity contribution in [3.8, 4) is 0 Å². The molecule has 1 aromatic rings. The fourth-order valence-corrected chi connectivity index (χ4v) is 3.64. The zero-order valence-corrected chi connectivity index (χ0v) is 15.9. The fourth-order valence-electron chi connectivity index (χ4n) is 2.56. The van der Waals surface area contributed by atoms with Crippen LogP contribution in [0.2, 0.25) is 0 Å². The molecule has 1 aliphatic rings. The lowest BCUT2D eigenvalue weighted by molar-refractivity contribution is -0.142. The number of carboxylic acids is 1. The molecule has 144 valence electrons. The quantitative estimate of drug-likeness (QED) is 0.791. The van der Waals surface area contributed by atoms with Gasteiger partial charge in [-0.05, 0) is 39.8 Å². The lowest BCUT2D eigenvalue weighted by Crippen LogP contribution is -2.43. The number of benzene rings is 1. The molecule has 0 aliphatic carbocycles. The number of ether oxygens (including phenoxy) is 1. The van der Waals surface area contributed by atoms with E-state index in [4.69, 9.17) is 8.92 Å². The molecule has 26 heavy (non-hydrogen) atoms. The van der Waals surface area contributed by atoms with Gasteiger partial charge < -0.3 is 9.84 Å². The maximum absolute atomic E-state index is 12.4. The van der Waals surface area contributed by atoms with Crippen LogP contribution in [0.3, 0.4) is 0 Å². The Labute approximate surface area is 152 Å². The van der Waals surface area contributed by atoms with E-state index in [0.717, 1.165) is 10.5 Å². The largest absolute Gasteiger partial charge is 0.480 e. The van der Waals surface area contributed by atoms with E-state index in [1.807, 2.05) is 6.92 Å². The molecular weight excluding hydrogens is 362 g/mol. The number of hydrogen-bond acceptors (Lipinski definition) is 6. The highest BCUT2D eigenvalue weighted by Crippen LogP contribution is 2.26. The Morgan fingerprint density at radius 1 is 1.19 bits per heavy atom. The molecule has 1 unspecified atom stereocenters. The average molecular weight is 385 g/mol. The van der Waals surface area contributed by atoms with Crippen LogP contribution < -0.4 is 0 Å². The molecule has 9 heteroatoms. The van der Waals surface area contributed by atoms with Crippen LogP contribution in [0.5, 0.6) is 0 Å². The molecule has 2 rings (SSSR count). The highest BCUT2D eigenvalue weighted by molar-refractivity contribution is 7.86. The lowest BCUT2D eigenvalue weighted by Gasteiger charge is -2.26. The molecular formula is C17H23NO7S. The Morgan fingerprint density at radius 3 is 2.27 bits per heavy atom. The van der Waals surface area contributed by atoms with Crippen molar-refractivity contribution in [2.24, 2.45) is 0 Å². The second-order valence-electron chi connectivity index (χ2n) is 7.21. The van der Waals surface area contributed by atoms with Gasteiger partial charge in [0.15, 0.2) is 0 Å². The van der Waals surface area contributed by atoms with E-state index in [0.29, 0.717) is 0 Å². The van der Waals surface area contributed by atoms with Crippen LogP contribution in [-0.2, 0) is 23.8 Å². The second-order valence-corrected chi connectivity index (χ2v) is 8.78. The van der Waals surface area contributed by atoms with Gasteiger partial charge in [0.25, 0.3) is 10.1 Å². The highest BCUT2D eigenvalue weighted by Gasteiger charge is 2.43. The van der Waals surface area contributed by atoms with Crippen LogP contribution >= 0.6 is 0 Å². The van der Waals surface area contributed by atoms with Crippen molar-refractivity contribution in [2.45, 2.75) is 56.8 Å². The molecule has 1 fully saturated rings. The molecule has 1 saturated heterocycles. The predicted octanol–water partition coefficient (Wildman–Crippen LogP) is 2.16. The molecule has 0 aromatic heterocycles. The van der Waals surface area contributed by atoms with E-state index < -0.39 is 39.9 Å². The van der Waals surface area contributed by atoms with E-state index in [9.17, 15) is 23.1 Å². The number of rotatable bonds is 4. The van der Waals surface area contributed by atoms with Gasteiger partial charge in [0.05, 0.1) is 17.5 Å². The second kappa shape index (κ2) is 7.24. The number of hydrogen-bond donors (Lipinski definition) is 1. The summed E-state index contributed by atoms with van der Waals surface area (Å²) in [4.78, 5) is 24.6. The van der Waals surface area contributed by atoms with Gasteiger partial charge in [-0.2, -0.15) is 8.42 Å². The Balaban J connectivity index is 2.15. The third-order valence-electron chi connectivity index (χ3n) is 3.75. The van der Waals surface area contributed by atoms with Crippen molar-refractivity contribution in [1.29, 1.82) is 0 Å². The van der Waals surface area contributed by atoms with Crippen molar-refractivity contribution >= 4 is 22.2 Å². The number of aryl methyl sites for hydroxylation is 1. The first kappa shape index (κ1) is 20.2. The summed E-state index contributed by atoms with van der Waals surface area (Å²) in [6, 6.07) is 4.90. The third kappa shape index (κ3) is 4.95. The first-order chi connectivity index (χ1) is 11.9. The molecule has 0 spiro atoms. The summed E-state index contributed by atoms with van der Waals surface area (Å²) in [6.45, 7) is 6.62. The minimum absolute atomic E-state index is 0.0225. The van der Waals surface area contributed by atoms with Crippen LogP contribution in [0.25, 0.3) is 0 Å². The van der Waals surface area contributed by atoms with Gasteiger partial charge in [0.1, 0.15) is 11.6 Å². The minimum atomic E-state index is -4.07. The Kier molecular flexibility index (Phi) is 5.62. The summed E-state index contributed by atoms with van der Waals surface area (Å²) >= 11 is 0. The number of amides is 1. The van der Waals surface area contributed by atoms with Crippen molar-refractivity contribution in [3.63, 3.8) is 0 Å². The molecule has 1 heterocycles. The fraction of sp³-hybridized carbons (Fsp3) is 0.529. The van der Waals surface area contributed by atoms with Crippen LogP contribution in [0, 0.1) is 6.92 Å². The summed E-state index contributed by atoms with van der Waals surface area (Å²) in [6.07, 6.45) is -1.92. The van der Waals surface area contributed by atoms with E-state index in [1.165, 1.54) is 12.1 Å². The van der Waals surface area contributed by atoms with Crippen molar-refractivity contribution in [1.82, 2.24) is 4.90 Å². The molecule has 0 saturated carbocycles. The smallest absolute Gasteiger partial charge is 0.411 e. The standard InChI is InChI=1S/C17H23NO7S/c1-11-5-7-13(8-6-11)26(22,23)25-12-9-14(15(19)20)18(10-12)16(21)24-17(2,3)4/h5-8,12,14H,9-10H2,1-4H3,(H,19,20)/t12-,14?/m1/s1. The number of carbonyl (C=O) groups is 2. The molecule has 1 aromatic carbocycles. The zero-order chi connectivity index (χ0) is 19.7.